The third-order valence-electron chi connectivity index (χ3n) is 2.90. The highest BCUT2D eigenvalue weighted by molar-refractivity contribution is 9.10. The number of hydrogen-bond donors (Lipinski definition) is 2. The molecule has 0 spiro atoms. The van der Waals surface area contributed by atoms with Crippen molar-refractivity contribution in [3.8, 4) is 0 Å². The number of nitrogen functional groups attached to an aromatic ring is 1. The lowest BCUT2D eigenvalue weighted by Gasteiger charge is -2.22. The summed E-state index contributed by atoms with van der Waals surface area (Å²) in [4.78, 5) is 0.181. The molecule has 20 heavy (non-hydrogen) atoms. The number of hydrogen-bond acceptors (Lipinski definition) is 4. The average Bonchev–Trinajstić information content (AvgIpc) is 2.37. The smallest absolute Gasteiger partial charge is 0.240 e. The standard InChI is InChI=1S/C13H21BrN2O3S/c1-4-19-8-13(9(2)3)16-20(17,18)10-5-6-12(15)11(14)7-10/h5-7,9,13,16H,4,8,15H2,1-3H3. The van der Waals surface area contributed by atoms with Crippen LogP contribution in [0.4, 0.5) is 5.69 Å². The maximum absolute atomic E-state index is 12.3. The molecule has 0 radical (unpaired) electrons. The Kier molecular flexibility index (Phi) is 6.44. The second-order valence-corrected chi connectivity index (χ2v) is 7.38. The summed E-state index contributed by atoms with van der Waals surface area (Å²) in [5, 5.41) is 0. The summed E-state index contributed by atoms with van der Waals surface area (Å²) in [5.41, 5.74) is 6.16. The summed E-state index contributed by atoms with van der Waals surface area (Å²) >= 11 is 3.23. The Balaban J connectivity index is 2.94. The van der Waals surface area contributed by atoms with Crippen molar-refractivity contribution in [2.24, 2.45) is 5.92 Å². The van der Waals surface area contributed by atoms with Crippen molar-refractivity contribution in [2.75, 3.05) is 18.9 Å². The molecule has 3 N–H and O–H groups in total. The van der Waals surface area contributed by atoms with E-state index in [4.69, 9.17) is 10.5 Å². The van der Waals surface area contributed by atoms with E-state index in [1.165, 1.54) is 12.1 Å². The quantitative estimate of drug-likeness (QED) is 0.727. The second-order valence-electron chi connectivity index (χ2n) is 4.81. The van der Waals surface area contributed by atoms with Gasteiger partial charge in [-0.25, -0.2) is 13.1 Å². The predicted octanol–water partition coefficient (Wildman–Crippen LogP) is 2.37. The van der Waals surface area contributed by atoms with Gasteiger partial charge in [0.05, 0.1) is 11.5 Å². The number of rotatable bonds is 7. The average molecular weight is 365 g/mol. The van der Waals surface area contributed by atoms with Gasteiger partial charge >= 0.3 is 0 Å². The lowest BCUT2D eigenvalue weighted by molar-refractivity contribution is 0.116. The zero-order valence-corrected chi connectivity index (χ0v) is 14.3. The van der Waals surface area contributed by atoms with Crippen molar-refractivity contribution in [1.29, 1.82) is 0 Å². The van der Waals surface area contributed by atoms with Crippen LogP contribution in [-0.4, -0.2) is 27.7 Å². The summed E-state index contributed by atoms with van der Waals surface area (Å²) in [7, 11) is -3.59. The molecule has 0 bridgehead atoms. The van der Waals surface area contributed by atoms with Crippen molar-refractivity contribution in [2.45, 2.75) is 31.7 Å². The Morgan fingerprint density at radius 1 is 1.40 bits per heavy atom. The zero-order valence-electron chi connectivity index (χ0n) is 11.9. The van der Waals surface area contributed by atoms with Crippen molar-refractivity contribution >= 4 is 31.6 Å². The predicted molar refractivity (Wildman–Crippen MR) is 84.0 cm³/mol. The van der Waals surface area contributed by atoms with Crippen molar-refractivity contribution < 1.29 is 13.2 Å². The SMILES string of the molecule is CCOCC(NS(=O)(=O)c1ccc(N)c(Br)c1)C(C)C. The van der Waals surface area contributed by atoms with Crippen molar-refractivity contribution in [1.82, 2.24) is 4.72 Å². The van der Waals surface area contributed by atoms with Crippen LogP contribution in [0.25, 0.3) is 0 Å². The van der Waals surface area contributed by atoms with Gasteiger partial charge in [-0.1, -0.05) is 13.8 Å². The number of nitrogens with one attached hydrogen (secondary N) is 1. The van der Waals surface area contributed by atoms with Gasteiger partial charge in [0.2, 0.25) is 10.0 Å². The van der Waals surface area contributed by atoms with E-state index in [1.807, 2.05) is 20.8 Å². The number of benzene rings is 1. The Labute approximate surface area is 129 Å². The summed E-state index contributed by atoms with van der Waals surface area (Å²) in [6, 6.07) is 4.28. The lowest BCUT2D eigenvalue weighted by Crippen LogP contribution is -2.41. The molecule has 1 rings (SSSR count). The van der Waals surface area contributed by atoms with Gasteiger partial charge in [0.15, 0.2) is 0 Å². The maximum atomic E-state index is 12.3. The fraction of sp³-hybridized carbons (Fsp3) is 0.538. The van der Waals surface area contributed by atoms with Gasteiger partial charge in [0, 0.05) is 22.8 Å². The van der Waals surface area contributed by atoms with E-state index >= 15 is 0 Å². The van der Waals surface area contributed by atoms with E-state index < -0.39 is 10.0 Å². The van der Waals surface area contributed by atoms with Crippen LogP contribution in [0, 0.1) is 5.92 Å². The summed E-state index contributed by atoms with van der Waals surface area (Å²) in [6.07, 6.45) is 0. The summed E-state index contributed by atoms with van der Waals surface area (Å²) in [6.45, 7) is 6.68. The molecule has 0 aliphatic carbocycles. The molecule has 0 fully saturated rings. The minimum absolute atomic E-state index is 0.133. The third kappa shape index (κ3) is 4.73. The zero-order chi connectivity index (χ0) is 15.3. The Morgan fingerprint density at radius 3 is 2.55 bits per heavy atom. The molecule has 0 saturated carbocycles. The molecule has 1 aromatic rings. The van der Waals surface area contributed by atoms with Crippen LogP contribution in [-0.2, 0) is 14.8 Å². The van der Waals surface area contributed by atoms with Gasteiger partial charge in [0.1, 0.15) is 0 Å². The van der Waals surface area contributed by atoms with Crippen molar-refractivity contribution in [3.63, 3.8) is 0 Å². The molecule has 0 saturated heterocycles. The van der Waals surface area contributed by atoms with Gasteiger partial charge in [-0.05, 0) is 47.0 Å². The normalized spacial score (nSPS) is 13.7. The molecule has 0 aliphatic heterocycles. The first kappa shape index (κ1) is 17.4. The van der Waals surface area contributed by atoms with E-state index in [-0.39, 0.29) is 16.9 Å². The molecule has 114 valence electrons. The highest BCUT2D eigenvalue weighted by atomic mass is 79.9. The highest BCUT2D eigenvalue weighted by Gasteiger charge is 2.23. The third-order valence-corrected chi connectivity index (χ3v) is 5.07. The highest BCUT2D eigenvalue weighted by Crippen LogP contribution is 2.23. The maximum Gasteiger partial charge on any atom is 0.240 e. The van der Waals surface area contributed by atoms with E-state index in [2.05, 4.69) is 20.7 Å². The monoisotopic (exact) mass is 364 g/mol. The van der Waals surface area contributed by atoms with Crippen LogP contribution in [0.5, 0.6) is 0 Å². The van der Waals surface area contributed by atoms with Crippen LogP contribution < -0.4 is 10.5 Å². The van der Waals surface area contributed by atoms with Gasteiger partial charge in [0.25, 0.3) is 0 Å². The largest absolute Gasteiger partial charge is 0.398 e. The van der Waals surface area contributed by atoms with Crippen LogP contribution in [0.1, 0.15) is 20.8 Å². The molecular formula is C13H21BrN2O3S. The molecule has 0 aromatic heterocycles. The van der Waals surface area contributed by atoms with Crippen LogP contribution in [0.15, 0.2) is 27.6 Å². The molecular weight excluding hydrogens is 344 g/mol. The summed E-state index contributed by atoms with van der Waals surface area (Å²) in [5.74, 6) is 0.133. The summed E-state index contributed by atoms with van der Waals surface area (Å²) < 4.78 is 33.3. The molecule has 0 aliphatic rings. The molecule has 0 amide bonds. The fourth-order valence-corrected chi connectivity index (χ4v) is 3.48. The molecule has 7 heteroatoms. The van der Waals surface area contributed by atoms with Crippen LogP contribution in [0.2, 0.25) is 0 Å². The van der Waals surface area contributed by atoms with E-state index in [0.29, 0.717) is 23.4 Å². The molecule has 0 heterocycles. The van der Waals surface area contributed by atoms with E-state index in [9.17, 15) is 8.42 Å². The number of nitrogens with two attached hydrogens (primary N) is 1. The Morgan fingerprint density at radius 2 is 2.05 bits per heavy atom. The van der Waals surface area contributed by atoms with Crippen LogP contribution in [0.3, 0.4) is 0 Å². The number of anilines is 1. The topological polar surface area (TPSA) is 81.4 Å². The van der Waals surface area contributed by atoms with Crippen molar-refractivity contribution in [3.05, 3.63) is 22.7 Å². The number of ether oxygens (including phenoxy) is 1. The minimum Gasteiger partial charge on any atom is -0.398 e. The molecule has 5 nitrogen and oxygen atoms in total. The first-order chi connectivity index (χ1) is 9.27. The van der Waals surface area contributed by atoms with E-state index in [1.54, 1.807) is 6.07 Å². The Hall–Kier alpha value is -0.630. The first-order valence-corrected chi connectivity index (χ1v) is 8.70. The number of sulfonamides is 1. The van der Waals surface area contributed by atoms with Gasteiger partial charge in [-0.2, -0.15) is 0 Å². The van der Waals surface area contributed by atoms with E-state index in [0.717, 1.165) is 0 Å². The number of halogens is 1. The van der Waals surface area contributed by atoms with Gasteiger partial charge < -0.3 is 10.5 Å². The lowest BCUT2D eigenvalue weighted by atomic mass is 10.1. The minimum atomic E-state index is -3.59. The fourth-order valence-electron chi connectivity index (χ4n) is 1.55. The molecule has 1 atom stereocenters. The second kappa shape index (κ2) is 7.40. The van der Waals surface area contributed by atoms with Gasteiger partial charge in [-0.3, -0.25) is 0 Å². The Bertz CT molecular complexity index is 547. The van der Waals surface area contributed by atoms with Gasteiger partial charge in [-0.15, -0.1) is 0 Å². The molecule has 1 unspecified atom stereocenters. The first-order valence-electron chi connectivity index (χ1n) is 6.43. The van der Waals surface area contributed by atoms with Crippen LogP contribution >= 0.6 is 15.9 Å². The molecule has 1 aromatic carbocycles.